The number of hydrogen-bond acceptors (Lipinski definition) is 4. The molecular weight excluding hydrogens is 138 g/mol. The summed E-state index contributed by atoms with van der Waals surface area (Å²) in [5, 5.41) is 0. The third-order valence-corrected chi connectivity index (χ3v) is 1.90. The minimum atomic E-state index is -3.75. The molecule has 0 aliphatic rings. The fourth-order valence-electron chi connectivity index (χ4n) is 0. The Hall–Kier alpha value is 0.220. The molecule has 4 nitrogen and oxygen atoms in total. The molecule has 0 aliphatic heterocycles. The molecule has 0 atom stereocenters. The maximum absolute atomic E-state index is 9.52. The second-order valence-electron chi connectivity index (χ2n) is 0.594. The minimum Gasteiger partial charge on any atom is -0.344 e. The molecule has 0 unspecified atom stereocenters. The molecule has 0 saturated heterocycles. The first-order valence-corrected chi connectivity index (χ1v) is 4.27. The lowest BCUT2D eigenvalue weighted by Crippen LogP contribution is -1.84. The van der Waals surface area contributed by atoms with Gasteiger partial charge < -0.3 is 6.15 Å². The second kappa shape index (κ2) is 3.25. The van der Waals surface area contributed by atoms with Crippen molar-refractivity contribution in [2.45, 2.75) is 0 Å². The van der Waals surface area contributed by atoms with Crippen LogP contribution in [0.3, 0.4) is 0 Å². The highest BCUT2D eigenvalue weighted by Gasteiger charge is 1.94. The van der Waals surface area contributed by atoms with Gasteiger partial charge in [-0.25, -0.2) is 0 Å². The fourth-order valence-corrected chi connectivity index (χ4v) is 0. The van der Waals surface area contributed by atoms with E-state index < -0.39 is 9.15 Å². The lowest BCUT2D eigenvalue weighted by molar-refractivity contribution is 0.503. The maximum atomic E-state index is 9.52. The Morgan fingerprint density at radius 2 is 1.71 bits per heavy atom. The van der Waals surface area contributed by atoms with Crippen molar-refractivity contribution >= 4 is 19.9 Å². The first kappa shape index (κ1) is 10.3. The Labute approximate surface area is 46.0 Å². The van der Waals surface area contributed by atoms with Crippen LogP contribution in [0.5, 0.6) is 0 Å². The maximum Gasteiger partial charge on any atom is 0.319 e. The third-order valence-electron chi connectivity index (χ3n) is 0.211. The number of hydrogen-bond donors (Lipinski definition) is 2. The Balaban J connectivity index is 0. The summed E-state index contributed by atoms with van der Waals surface area (Å²) >= 11 is 0. The van der Waals surface area contributed by atoms with Gasteiger partial charge >= 0.3 is 9.15 Å². The first-order chi connectivity index (χ1) is 2.56. The standard InChI is InChI=1S/CH4O3S2.H3N/c1-5-6(2,3)4;/h1H3,(H,2,3,4);1H3. The van der Waals surface area contributed by atoms with E-state index in [4.69, 9.17) is 4.55 Å². The molecule has 6 heteroatoms. The largest absolute Gasteiger partial charge is 0.344 e. The van der Waals surface area contributed by atoms with Crippen LogP contribution in [0.4, 0.5) is 0 Å². The normalized spacial score (nSPS) is 10.0. The van der Waals surface area contributed by atoms with Gasteiger partial charge in [0.2, 0.25) is 0 Å². The molecule has 0 bridgehead atoms. The van der Waals surface area contributed by atoms with Crippen molar-refractivity contribution in [3.05, 3.63) is 0 Å². The molecule has 0 amide bonds. The van der Waals surface area contributed by atoms with Gasteiger partial charge in [0.25, 0.3) is 0 Å². The predicted molar refractivity (Wildman–Crippen MR) is 30.1 cm³/mol. The van der Waals surface area contributed by atoms with Gasteiger partial charge in [-0.05, 0) is 17.0 Å². The van der Waals surface area contributed by atoms with Crippen LogP contribution in [0.15, 0.2) is 0 Å². The summed E-state index contributed by atoms with van der Waals surface area (Å²) in [5.41, 5.74) is 0. The lowest BCUT2D eigenvalue weighted by atomic mass is 12.0. The Kier molecular flexibility index (Phi) is 4.76. The summed E-state index contributed by atoms with van der Waals surface area (Å²) < 4.78 is 26.8. The summed E-state index contributed by atoms with van der Waals surface area (Å²) in [6.07, 6.45) is 1.29. The zero-order valence-electron chi connectivity index (χ0n) is 3.79. The Morgan fingerprint density at radius 3 is 1.71 bits per heavy atom. The molecule has 0 aromatic rings. The van der Waals surface area contributed by atoms with E-state index in [0.717, 1.165) is 0 Å². The summed E-state index contributed by atoms with van der Waals surface area (Å²) in [4.78, 5) is 0. The quantitative estimate of drug-likeness (QED) is 0.409. The molecule has 0 aliphatic carbocycles. The third kappa shape index (κ3) is 10.7. The molecule has 0 heterocycles. The van der Waals surface area contributed by atoms with Gasteiger partial charge in [-0.1, -0.05) is 0 Å². The van der Waals surface area contributed by atoms with Gasteiger partial charge in [-0.15, -0.1) is 0 Å². The van der Waals surface area contributed by atoms with Crippen molar-refractivity contribution in [2.75, 3.05) is 6.26 Å². The van der Waals surface area contributed by atoms with Crippen LogP contribution in [0.25, 0.3) is 0 Å². The molecule has 0 rings (SSSR count). The number of rotatable bonds is 1. The SMILES string of the molecule is CSS(=O)(=O)O.N. The zero-order valence-corrected chi connectivity index (χ0v) is 5.42. The van der Waals surface area contributed by atoms with Gasteiger partial charge in [0, 0.05) is 0 Å². The molecule has 7 heavy (non-hydrogen) atoms. The Bertz CT molecular complexity index is 115. The topological polar surface area (TPSA) is 89.4 Å². The molecule has 0 spiro atoms. The average Bonchev–Trinajstić information content (AvgIpc) is 1.35. The van der Waals surface area contributed by atoms with Gasteiger partial charge in [0.1, 0.15) is 0 Å². The van der Waals surface area contributed by atoms with Crippen molar-refractivity contribution in [2.24, 2.45) is 0 Å². The zero-order chi connectivity index (χ0) is 5.21. The lowest BCUT2D eigenvalue weighted by Gasteiger charge is -1.79. The van der Waals surface area contributed by atoms with E-state index in [0.29, 0.717) is 10.8 Å². The highest BCUT2D eigenvalue weighted by molar-refractivity contribution is 8.69. The Morgan fingerprint density at radius 1 is 1.57 bits per heavy atom. The van der Waals surface area contributed by atoms with Crippen LogP contribution >= 0.6 is 10.8 Å². The van der Waals surface area contributed by atoms with Crippen molar-refractivity contribution in [1.29, 1.82) is 0 Å². The van der Waals surface area contributed by atoms with Crippen LogP contribution < -0.4 is 6.15 Å². The smallest absolute Gasteiger partial charge is 0.319 e. The highest BCUT2D eigenvalue weighted by atomic mass is 33.1. The molecule has 0 radical (unpaired) electrons. The van der Waals surface area contributed by atoms with Crippen LogP contribution in [0, 0.1) is 0 Å². The van der Waals surface area contributed by atoms with Crippen LogP contribution in [-0.4, -0.2) is 19.2 Å². The van der Waals surface area contributed by atoms with Crippen LogP contribution in [-0.2, 0) is 9.15 Å². The van der Waals surface area contributed by atoms with E-state index in [1.54, 1.807) is 0 Å². The average molecular weight is 145 g/mol. The van der Waals surface area contributed by atoms with Crippen molar-refractivity contribution in [1.82, 2.24) is 6.15 Å². The van der Waals surface area contributed by atoms with Gasteiger partial charge in [-0.2, -0.15) is 8.42 Å². The van der Waals surface area contributed by atoms with E-state index in [1.165, 1.54) is 6.26 Å². The van der Waals surface area contributed by atoms with Gasteiger partial charge in [-0.3, -0.25) is 4.55 Å². The molecular formula is CH7NO3S2. The van der Waals surface area contributed by atoms with Crippen LogP contribution in [0.2, 0.25) is 0 Å². The molecule has 0 saturated carbocycles. The molecule has 0 fully saturated rings. The molecule has 0 aromatic carbocycles. The molecule has 0 aromatic heterocycles. The second-order valence-corrected chi connectivity index (χ2v) is 4.05. The van der Waals surface area contributed by atoms with Crippen LogP contribution in [0.1, 0.15) is 0 Å². The van der Waals surface area contributed by atoms with E-state index in [2.05, 4.69) is 0 Å². The van der Waals surface area contributed by atoms with E-state index in [-0.39, 0.29) is 6.15 Å². The summed E-state index contributed by atoms with van der Waals surface area (Å²) in [6.45, 7) is 0. The van der Waals surface area contributed by atoms with E-state index >= 15 is 0 Å². The van der Waals surface area contributed by atoms with E-state index in [1.807, 2.05) is 0 Å². The van der Waals surface area contributed by atoms with Gasteiger partial charge in [0.15, 0.2) is 0 Å². The predicted octanol–water partition coefficient (Wildman–Crippen LogP) is 0.314. The van der Waals surface area contributed by atoms with E-state index in [9.17, 15) is 8.42 Å². The van der Waals surface area contributed by atoms with Crippen molar-refractivity contribution in [3.63, 3.8) is 0 Å². The summed E-state index contributed by atoms with van der Waals surface area (Å²) in [7, 11) is -3.34. The molecule has 4 N–H and O–H groups in total. The van der Waals surface area contributed by atoms with Crippen molar-refractivity contribution < 1.29 is 13.0 Å². The summed E-state index contributed by atoms with van der Waals surface area (Å²) in [5.74, 6) is 0. The van der Waals surface area contributed by atoms with Gasteiger partial charge in [0.05, 0.1) is 0 Å². The highest BCUT2D eigenvalue weighted by Crippen LogP contribution is 1.99. The minimum absolute atomic E-state index is 0. The van der Waals surface area contributed by atoms with Crippen molar-refractivity contribution in [3.8, 4) is 0 Å². The molecule has 46 valence electrons. The fraction of sp³-hybridized carbons (Fsp3) is 1.00. The first-order valence-electron chi connectivity index (χ1n) is 1.09. The monoisotopic (exact) mass is 145 g/mol. The summed E-state index contributed by atoms with van der Waals surface area (Å²) in [6, 6.07) is 0.